The van der Waals surface area contributed by atoms with Gasteiger partial charge in [0.1, 0.15) is 92.3 Å². The molecular formula is C91H86ClF6N25O8. The van der Waals surface area contributed by atoms with E-state index in [9.17, 15) is 59.9 Å². The van der Waals surface area contributed by atoms with Crippen molar-refractivity contribution in [3.63, 3.8) is 0 Å². The highest BCUT2D eigenvalue weighted by molar-refractivity contribution is 6.29. The van der Waals surface area contributed by atoms with E-state index in [0.717, 1.165) is 22.6 Å². The van der Waals surface area contributed by atoms with E-state index >= 15 is 0 Å². The molecule has 40 heteroatoms. The van der Waals surface area contributed by atoms with Crippen LogP contribution in [0, 0.1) is 51.6 Å². The zero-order valence-corrected chi connectivity index (χ0v) is 70.9. The van der Waals surface area contributed by atoms with Gasteiger partial charge in [-0.1, -0.05) is 121 Å². The van der Waals surface area contributed by atoms with Crippen LogP contribution in [0.15, 0.2) is 252 Å². The molecule has 0 radical (unpaired) electrons. The first-order valence-electron chi connectivity index (χ1n) is 40.2. The molecule has 0 fully saturated rings. The lowest BCUT2D eigenvalue weighted by molar-refractivity contribution is -0.141. The van der Waals surface area contributed by atoms with Crippen LogP contribution in [0.1, 0.15) is 112 Å². The first kappa shape index (κ1) is 97.0. The number of nitrogen functional groups attached to an aromatic ring is 1. The van der Waals surface area contributed by atoms with Crippen LogP contribution in [0.2, 0.25) is 5.15 Å². The number of nitrogens with two attached hydrogens (primary N) is 3. The second-order valence-corrected chi connectivity index (χ2v) is 28.5. The maximum absolute atomic E-state index is 13.7. The summed E-state index contributed by atoms with van der Waals surface area (Å²) in [6, 6.07) is 57.9. The number of halogens is 7. The number of amidine groups is 1. The Morgan fingerprint density at radius 2 is 0.939 bits per heavy atom. The average molecular weight is 1810 g/mol. The molecule has 0 atom stereocenters. The number of nitriles is 1. The number of carbonyl (C=O) groups is 6. The number of Topliss-reactive ketones (excluding diaryl/α,β-unsaturated/α-hetero) is 1. The third-order valence-electron chi connectivity index (χ3n) is 18.9. The van der Waals surface area contributed by atoms with Crippen molar-refractivity contribution >= 4 is 86.3 Å². The van der Waals surface area contributed by atoms with Gasteiger partial charge in [0.15, 0.2) is 5.69 Å². The van der Waals surface area contributed by atoms with Gasteiger partial charge in [0, 0.05) is 76.1 Å². The Morgan fingerprint density at radius 3 is 1.39 bits per heavy atom. The molecule has 6 aromatic carbocycles. The number of aromatic amines is 1. The second-order valence-electron chi connectivity index (χ2n) is 28.1. The molecular weight excluding hydrogens is 1720 g/mol. The number of fused-ring (bicyclic) bond motifs is 4. The fraction of sp³-hybridized carbons (Fsp3) is 0.187. The molecule has 4 amide bonds. The summed E-state index contributed by atoms with van der Waals surface area (Å²) >= 11 is 5.85. The Balaban J connectivity index is 0.000000157. The number of benzene rings is 6. The summed E-state index contributed by atoms with van der Waals surface area (Å²) in [6.07, 6.45) is 12.2. The Bertz CT molecular complexity index is 6640. The molecule has 0 bridgehead atoms. The summed E-state index contributed by atoms with van der Waals surface area (Å²) in [6.45, 7) is 0.898. The number of amides is 4. The second kappa shape index (κ2) is 49.6. The number of nitrogens with one attached hydrogen (secondary N) is 6. The molecule has 17 rings (SSSR count). The number of imidazole rings is 4. The number of nitrogens with zero attached hydrogens (tertiary/aromatic N) is 16. The number of ether oxygens (including phenoxy) is 1. The summed E-state index contributed by atoms with van der Waals surface area (Å²) in [5.41, 5.74) is 29.0. The van der Waals surface area contributed by atoms with Crippen LogP contribution >= 0.6 is 11.6 Å². The number of methoxy groups -OCH3 is 1. The topological polar surface area (TPSA) is 477 Å². The number of ketones is 1. The zero-order valence-electron chi connectivity index (χ0n) is 70.1. The van der Waals surface area contributed by atoms with Crippen molar-refractivity contribution in [2.45, 2.75) is 83.6 Å². The molecule has 33 nitrogen and oxygen atoms in total. The molecule has 0 saturated heterocycles. The fourth-order valence-corrected chi connectivity index (χ4v) is 12.3. The van der Waals surface area contributed by atoms with Crippen LogP contribution in [0.5, 0.6) is 0 Å². The number of rotatable bonds is 22. The van der Waals surface area contributed by atoms with E-state index in [2.05, 4.69) is 87.0 Å². The molecule has 12 N–H and O–H groups in total. The van der Waals surface area contributed by atoms with E-state index < -0.39 is 5.82 Å². The summed E-state index contributed by atoms with van der Waals surface area (Å²) in [5.74, 6) is -0.648. The predicted molar refractivity (Wildman–Crippen MR) is 473 cm³/mol. The van der Waals surface area contributed by atoms with Crippen molar-refractivity contribution in [1.82, 2.24) is 90.1 Å². The number of hydrogen-bond donors (Lipinski definition) is 9. The minimum Gasteiger partial charge on any atom is -0.469 e. The maximum atomic E-state index is 13.7. The van der Waals surface area contributed by atoms with Crippen LogP contribution in [-0.4, -0.2) is 148 Å². The molecule has 9 aromatic heterocycles. The summed E-state index contributed by atoms with van der Waals surface area (Å²) in [4.78, 5) is 93.4. The van der Waals surface area contributed by atoms with Gasteiger partial charge in [-0.3, -0.25) is 39.0 Å². The minimum absolute atomic E-state index is 0.00298. The van der Waals surface area contributed by atoms with Gasteiger partial charge in [-0.15, -0.1) is 0 Å². The van der Waals surface area contributed by atoms with Crippen LogP contribution < -0.4 is 44.2 Å². The number of hydrazone groups is 2. The SMILES string of the molecule is COC(=O)CCC(=O)CN.Fc1ccccc1Cc1ncc2ccc(Cl)nn12.Fc1ccccc1Cc1ncc2cccnn12.N#Cc1nc(Cc2ccccc2F)n2ncccc12.N=C(N)c1nc(Cc2ccccc2F)n2ncccc12.NCC1=NNC(=O)CC1.O=C(Cc1ccccc1F)NCC1=NNC(=O)CC1.O=C(Cc1ccccc1F)NCc1ccc(=O)[nH]n1. The van der Waals surface area contributed by atoms with Crippen LogP contribution in [0.3, 0.4) is 0 Å². The predicted octanol–water partition coefficient (Wildman–Crippen LogP) is 9.84. The highest BCUT2D eigenvalue weighted by atomic mass is 35.5. The van der Waals surface area contributed by atoms with Crippen molar-refractivity contribution < 1.29 is 59.8 Å². The Labute approximate surface area is 748 Å². The minimum atomic E-state index is -0.403. The largest absolute Gasteiger partial charge is 0.469 e. The van der Waals surface area contributed by atoms with Crippen molar-refractivity contribution in [1.29, 1.82) is 10.7 Å². The van der Waals surface area contributed by atoms with Crippen molar-refractivity contribution in [3.8, 4) is 6.07 Å². The molecule has 131 heavy (non-hydrogen) atoms. The van der Waals surface area contributed by atoms with Gasteiger partial charge in [-0.2, -0.15) is 41.0 Å². The first-order valence-corrected chi connectivity index (χ1v) is 40.6. The highest BCUT2D eigenvalue weighted by Gasteiger charge is 2.20. The normalized spacial score (nSPS) is 11.7. The smallest absolute Gasteiger partial charge is 0.305 e. The van der Waals surface area contributed by atoms with Gasteiger partial charge in [0.05, 0.1) is 92.1 Å². The fourth-order valence-electron chi connectivity index (χ4n) is 12.1. The standard InChI is InChI=1S/C14H12FN5.C14H9FN4.C13H9ClFN3.C13H14FN3O2.C13H12FN3O2.C13H10FN3.C6H11NO3.C5H9N3O/c15-10-5-2-1-4-9(10)8-12-19-13(14(16)17)11-6-3-7-18-20(11)12;15-11-5-2-1-4-10(11)8-14-18-12(9-16)13-6-3-7-17-19(13)14;14-12-6-5-10-8-16-13(18(10)17-12)7-9-3-1-2-4-11(9)15;2*14-11-4-2-1-3-9(11)7-13(19)15-8-10-5-6-12(18)17-16-10;14-12-6-2-1-4-10(12)8-13-15-9-11-5-3-7-16-17(11)13;1-10-6(9)3-2-5(8)4-7;6-3-4-1-2-5(9)8-7-4/h1-7H,8H2,(H3,16,17);1-7H,8H2;1-6,8H,7H2;1-4H,5-8H2,(H,15,19)(H,17,18);1-6H,7-8H2,(H,15,19)(H,17,18);1-7,9H,8H2;2-4,7H2,1H3;1-3,6H2,(H,8,9). The average Bonchev–Trinajstić information content (AvgIpc) is 1.63. The Morgan fingerprint density at radius 1 is 0.504 bits per heavy atom. The molecule has 0 unspecified atom stereocenters. The summed E-state index contributed by atoms with van der Waals surface area (Å²) in [7, 11) is 1.29. The molecule has 11 heterocycles. The quantitative estimate of drug-likeness (QED) is 0.0132. The van der Waals surface area contributed by atoms with Crippen LogP contribution in [-0.2, 0) is 78.6 Å². The lowest BCUT2D eigenvalue weighted by Gasteiger charge is -2.12. The maximum Gasteiger partial charge on any atom is 0.305 e. The zero-order chi connectivity index (χ0) is 93.6. The van der Waals surface area contributed by atoms with Crippen molar-refractivity contribution in [3.05, 3.63) is 361 Å². The Hall–Kier alpha value is -16.2. The molecule has 672 valence electrons. The van der Waals surface area contributed by atoms with E-state index in [1.807, 2.05) is 30.3 Å². The molecule has 0 saturated carbocycles. The van der Waals surface area contributed by atoms with E-state index in [1.165, 1.54) is 55.6 Å². The Kier molecular flexibility index (Phi) is 36.7. The van der Waals surface area contributed by atoms with Gasteiger partial charge in [-0.25, -0.2) is 80.3 Å². The molecule has 2 aliphatic heterocycles. The number of esters is 1. The lowest BCUT2D eigenvalue weighted by atomic mass is 10.1. The third kappa shape index (κ3) is 29.7. The van der Waals surface area contributed by atoms with Gasteiger partial charge in [0.25, 0.3) is 5.56 Å². The number of carbonyl (C=O) groups excluding carboxylic acids is 6. The summed E-state index contributed by atoms with van der Waals surface area (Å²) < 4.78 is 92.0. The van der Waals surface area contributed by atoms with Gasteiger partial charge >= 0.3 is 5.97 Å². The van der Waals surface area contributed by atoms with Gasteiger partial charge < -0.3 is 32.6 Å². The van der Waals surface area contributed by atoms with Crippen molar-refractivity contribution in [2.75, 3.05) is 26.7 Å². The van der Waals surface area contributed by atoms with Gasteiger partial charge in [-0.05, 0) is 137 Å². The van der Waals surface area contributed by atoms with E-state index in [1.54, 1.807) is 183 Å². The molecule has 2 aliphatic rings. The monoisotopic (exact) mass is 1810 g/mol. The van der Waals surface area contributed by atoms with E-state index in [-0.39, 0.29) is 128 Å². The lowest BCUT2D eigenvalue weighted by Crippen LogP contribution is -2.35. The molecule has 0 spiro atoms. The van der Waals surface area contributed by atoms with E-state index in [0.29, 0.717) is 141 Å². The van der Waals surface area contributed by atoms with E-state index in [4.69, 9.17) is 39.5 Å². The number of H-pyrrole nitrogens is 1. The van der Waals surface area contributed by atoms with Crippen LogP contribution in [0.4, 0.5) is 26.3 Å². The summed E-state index contributed by atoms with van der Waals surface area (Å²) in [5, 5.41) is 52.5. The van der Waals surface area contributed by atoms with Gasteiger partial charge in [0.2, 0.25) is 23.6 Å². The number of aromatic nitrogens is 14. The first-order chi connectivity index (χ1) is 63.4. The van der Waals surface area contributed by atoms with Crippen molar-refractivity contribution in [2.24, 2.45) is 27.4 Å². The third-order valence-corrected chi connectivity index (χ3v) is 19.1. The molecule has 0 aliphatic carbocycles. The molecule has 15 aromatic rings. The number of hydrogen-bond acceptors (Lipinski definition) is 23. The van der Waals surface area contributed by atoms with Crippen LogP contribution in [0.25, 0.3) is 22.1 Å². The highest BCUT2D eigenvalue weighted by Crippen LogP contribution is 2.21.